The molecular formula is C12H19NO. The second-order valence-electron chi connectivity index (χ2n) is 4.51. The summed E-state index contributed by atoms with van der Waals surface area (Å²) in [6, 6.07) is 8.11. The van der Waals surface area contributed by atoms with Crippen LogP contribution < -0.4 is 5.32 Å². The predicted molar refractivity (Wildman–Crippen MR) is 60.6 cm³/mol. The Kier molecular flexibility index (Phi) is 3.53. The summed E-state index contributed by atoms with van der Waals surface area (Å²) < 4.78 is 0. The van der Waals surface area contributed by atoms with Gasteiger partial charge in [-0.25, -0.2) is 0 Å². The van der Waals surface area contributed by atoms with Crippen LogP contribution in [0.25, 0.3) is 0 Å². The Bertz CT molecular complexity index is 289. The molecule has 0 aliphatic heterocycles. The van der Waals surface area contributed by atoms with Gasteiger partial charge >= 0.3 is 0 Å². The summed E-state index contributed by atoms with van der Waals surface area (Å²) in [5.41, 5.74) is 2.35. The fourth-order valence-electron chi connectivity index (χ4n) is 1.38. The quantitative estimate of drug-likeness (QED) is 0.772. The lowest BCUT2D eigenvalue weighted by Crippen LogP contribution is -2.26. The number of para-hydroxylation sites is 1. The van der Waals surface area contributed by atoms with Crippen LogP contribution in [-0.2, 0) is 6.42 Å². The van der Waals surface area contributed by atoms with Crippen molar-refractivity contribution < 1.29 is 5.11 Å². The molecule has 0 unspecified atom stereocenters. The second-order valence-corrected chi connectivity index (χ2v) is 4.51. The minimum absolute atomic E-state index is 0.0611. The molecule has 0 amide bonds. The van der Waals surface area contributed by atoms with Gasteiger partial charge in [-0.15, -0.1) is 0 Å². The SMILES string of the molecule is CC(C)(C)Nc1ccccc1CCO. The first-order chi connectivity index (χ1) is 6.53. The molecule has 1 aromatic rings. The minimum Gasteiger partial charge on any atom is -0.396 e. The Morgan fingerprint density at radius 2 is 1.86 bits per heavy atom. The largest absolute Gasteiger partial charge is 0.396 e. The van der Waals surface area contributed by atoms with Crippen molar-refractivity contribution in [1.29, 1.82) is 0 Å². The molecule has 2 heteroatoms. The van der Waals surface area contributed by atoms with E-state index in [2.05, 4.69) is 32.2 Å². The van der Waals surface area contributed by atoms with Gasteiger partial charge in [0, 0.05) is 17.8 Å². The molecule has 78 valence electrons. The van der Waals surface area contributed by atoms with Crippen molar-refractivity contribution in [3.8, 4) is 0 Å². The van der Waals surface area contributed by atoms with Crippen LogP contribution in [0, 0.1) is 0 Å². The van der Waals surface area contributed by atoms with Gasteiger partial charge < -0.3 is 10.4 Å². The van der Waals surface area contributed by atoms with Crippen LogP contribution in [0.4, 0.5) is 5.69 Å². The van der Waals surface area contributed by atoms with Crippen LogP contribution in [0.1, 0.15) is 26.3 Å². The monoisotopic (exact) mass is 193 g/mol. The molecule has 0 radical (unpaired) electrons. The van der Waals surface area contributed by atoms with E-state index >= 15 is 0 Å². The minimum atomic E-state index is 0.0611. The second kappa shape index (κ2) is 4.47. The predicted octanol–water partition coefficient (Wildman–Crippen LogP) is 2.43. The summed E-state index contributed by atoms with van der Waals surface area (Å²) in [4.78, 5) is 0. The zero-order valence-corrected chi connectivity index (χ0v) is 9.17. The molecule has 0 fully saturated rings. The van der Waals surface area contributed by atoms with Gasteiger partial charge in [0.2, 0.25) is 0 Å². The van der Waals surface area contributed by atoms with Crippen molar-refractivity contribution in [1.82, 2.24) is 0 Å². The lowest BCUT2D eigenvalue weighted by Gasteiger charge is -2.24. The van der Waals surface area contributed by atoms with Gasteiger partial charge in [0.25, 0.3) is 0 Å². The molecule has 1 rings (SSSR count). The Labute approximate surface area is 86.0 Å². The van der Waals surface area contributed by atoms with Crippen LogP contribution in [0.2, 0.25) is 0 Å². The first-order valence-electron chi connectivity index (χ1n) is 5.00. The number of anilines is 1. The van der Waals surface area contributed by atoms with E-state index in [0.717, 1.165) is 5.69 Å². The first-order valence-corrected chi connectivity index (χ1v) is 5.00. The molecule has 2 nitrogen and oxygen atoms in total. The van der Waals surface area contributed by atoms with Crippen molar-refractivity contribution in [2.45, 2.75) is 32.7 Å². The van der Waals surface area contributed by atoms with Crippen LogP contribution in [0.3, 0.4) is 0 Å². The molecule has 0 heterocycles. The van der Waals surface area contributed by atoms with Gasteiger partial charge in [0.15, 0.2) is 0 Å². The van der Waals surface area contributed by atoms with E-state index in [0.29, 0.717) is 6.42 Å². The normalized spacial score (nSPS) is 11.4. The fraction of sp³-hybridized carbons (Fsp3) is 0.500. The number of aliphatic hydroxyl groups excluding tert-OH is 1. The average molecular weight is 193 g/mol. The molecule has 1 aromatic carbocycles. The Balaban J connectivity index is 2.84. The zero-order valence-electron chi connectivity index (χ0n) is 9.17. The molecule has 0 bridgehead atoms. The molecule has 0 aliphatic rings. The molecule has 2 N–H and O–H groups in total. The fourth-order valence-corrected chi connectivity index (χ4v) is 1.38. The molecule has 14 heavy (non-hydrogen) atoms. The Morgan fingerprint density at radius 1 is 1.21 bits per heavy atom. The van der Waals surface area contributed by atoms with Crippen molar-refractivity contribution in [2.75, 3.05) is 11.9 Å². The van der Waals surface area contributed by atoms with E-state index in [9.17, 15) is 0 Å². The maximum Gasteiger partial charge on any atom is 0.0472 e. The lowest BCUT2D eigenvalue weighted by atomic mass is 10.1. The highest BCUT2D eigenvalue weighted by atomic mass is 16.2. The average Bonchev–Trinajstić information content (AvgIpc) is 2.06. The van der Waals surface area contributed by atoms with E-state index < -0.39 is 0 Å². The molecular weight excluding hydrogens is 174 g/mol. The molecule has 0 saturated carbocycles. The number of hydrogen-bond acceptors (Lipinski definition) is 2. The zero-order chi connectivity index (χ0) is 10.6. The standard InChI is InChI=1S/C12H19NO/c1-12(2,3)13-11-7-5-4-6-10(11)8-9-14/h4-7,13-14H,8-9H2,1-3H3. The van der Waals surface area contributed by atoms with E-state index in [1.165, 1.54) is 5.56 Å². The van der Waals surface area contributed by atoms with Crippen LogP contribution >= 0.6 is 0 Å². The topological polar surface area (TPSA) is 32.3 Å². The van der Waals surface area contributed by atoms with Crippen molar-refractivity contribution >= 4 is 5.69 Å². The maximum absolute atomic E-state index is 8.91. The third-order valence-corrected chi connectivity index (χ3v) is 1.91. The molecule has 0 aliphatic carbocycles. The summed E-state index contributed by atoms with van der Waals surface area (Å²) in [5.74, 6) is 0. The van der Waals surface area contributed by atoms with E-state index in [4.69, 9.17) is 5.11 Å². The lowest BCUT2D eigenvalue weighted by molar-refractivity contribution is 0.299. The number of hydrogen-bond donors (Lipinski definition) is 2. The number of benzene rings is 1. The van der Waals surface area contributed by atoms with Gasteiger partial charge in [-0.05, 0) is 38.8 Å². The van der Waals surface area contributed by atoms with Gasteiger partial charge in [-0.2, -0.15) is 0 Å². The van der Waals surface area contributed by atoms with Crippen LogP contribution in [0.15, 0.2) is 24.3 Å². The maximum atomic E-state index is 8.91. The summed E-state index contributed by atoms with van der Waals surface area (Å²) in [6.07, 6.45) is 0.708. The summed E-state index contributed by atoms with van der Waals surface area (Å²) >= 11 is 0. The Hall–Kier alpha value is -1.02. The number of nitrogens with one attached hydrogen (secondary N) is 1. The van der Waals surface area contributed by atoms with E-state index in [1.807, 2.05) is 18.2 Å². The van der Waals surface area contributed by atoms with Gasteiger partial charge in [-0.1, -0.05) is 18.2 Å². The number of aliphatic hydroxyl groups is 1. The number of rotatable bonds is 3. The summed E-state index contributed by atoms with van der Waals surface area (Å²) in [7, 11) is 0. The summed E-state index contributed by atoms with van der Waals surface area (Å²) in [5, 5.41) is 12.3. The smallest absolute Gasteiger partial charge is 0.0472 e. The summed E-state index contributed by atoms with van der Waals surface area (Å²) in [6.45, 7) is 6.58. The molecule has 0 atom stereocenters. The van der Waals surface area contributed by atoms with Crippen LogP contribution in [-0.4, -0.2) is 17.3 Å². The third kappa shape index (κ3) is 3.38. The van der Waals surface area contributed by atoms with Crippen LogP contribution in [0.5, 0.6) is 0 Å². The molecule has 0 saturated heterocycles. The van der Waals surface area contributed by atoms with Gasteiger partial charge in [0.1, 0.15) is 0 Å². The Morgan fingerprint density at radius 3 is 2.43 bits per heavy atom. The van der Waals surface area contributed by atoms with Gasteiger partial charge in [-0.3, -0.25) is 0 Å². The van der Waals surface area contributed by atoms with Crippen molar-refractivity contribution in [3.05, 3.63) is 29.8 Å². The molecule has 0 spiro atoms. The van der Waals surface area contributed by atoms with E-state index in [1.54, 1.807) is 0 Å². The van der Waals surface area contributed by atoms with E-state index in [-0.39, 0.29) is 12.1 Å². The highest BCUT2D eigenvalue weighted by Gasteiger charge is 2.11. The van der Waals surface area contributed by atoms with Crippen molar-refractivity contribution in [2.24, 2.45) is 0 Å². The highest BCUT2D eigenvalue weighted by Crippen LogP contribution is 2.19. The molecule has 0 aromatic heterocycles. The third-order valence-electron chi connectivity index (χ3n) is 1.91. The van der Waals surface area contributed by atoms with Gasteiger partial charge in [0.05, 0.1) is 0 Å². The van der Waals surface area contributed by atoms with Crippen molar-refractivity contribution in [3.63, 3.8) is 0 Å². The highest BCUT2D eigenvalue weighted by molar-refractivity contribution is 5.52. The first kappa shape index (κ1) is 11.1.